The lowest BCUT2D eigenvalue weighted by Crippen LogP contribution is -2.54. The van der Waals surface area contributed by atoms with Crippen LogP contribution in [-0.4, -0.2) is 30.6 Å². The van der Waals surface area contributed by atoms with Crippen molar-refractivity contribution in [1.82, 2.24) is 0 Å². The fraction of sp³-hybridized carbons (Fsp3) is 1.00. The number of hydrogen-bond acceptors (Lipinski definition) is 4. The second-order valence-electron chi connectivity index (χ2n) is 4.95. The average Bonchev–Trinajstić information content (AvgIpc) is 2.16. The van der Waals surface area contributed by atoms with Gasteiger partial charge in [-0.2, -0.15) is 0 Å². The van der Waals surface area contributed by atoms with Gasteiger partial charge in [0.1, 0.15) is 0 Å². The number of ether oxygens (including phenoxy) is 2. The molecular formula is C10H20N2O2. The van der Waals surface area contributed by atoms with Crippen LogP contribution in [0.2, 0.25) is 0 Å². The van der Waals surface area contributed by atoms with E-state index in [4.69, 9.17) is 20.9 Å². The summed E-state index contributed by atoms with van der Waals surface area (Å²) >= 11 is 0. The van der Waals surface area contributed by atoms with Gasteiger partial charge in [-0.3, -0.25) is 0 Å². The molecule has 2 fully saturated rings. The quantitative estimate of drug-likeness (QED) is 0.592. The minimum absolute atomic E-state index is 0.0341. The van der Waals surface area contributed by atoms with Gasteiger partial charge in [0.15, 0.2) is 5.79 Å². The Labute approximate surface area is 84.9 Å². The minimum atomic E-state index is -0.366. The molecule has 0 unspecified atom stereocenters. The van der Waals surface area contributed by atoms with Crippen LogP contribution < -0.4 is 11.5 Å². The molecule has 1 aliphatic heterocycles. The van der Waals surface area contributed by atoms with Gasteiger partial charge in [0.25, 0.3) is 0 Å². The molecule has 0 amide bonds. The van der Waals surface area contributed by atoms with E-state index in [1.165, 1.54) is 0 Å². The second-order valence-corrected chi connectivity index (χ2v) is 4.95. The molecule has 82 valence electrons. The molecule has 4 heteroatoms. The maximum atomic E-state index is 6.06. The third-order valence-corrected chi connectivity index (χ3v) is 3.27. The van der Waals surface area contributed by atoms with E-state index in [9.17, 15) is 0 Å². The lowest BCUT2D eigenvalue weighted by atomic mass is 9.80. The Morgan fingerprint density at radius 3 is 2.07 bits per heavy atom. The van der Waals surface area contributed by atoms with Gasteiger partial charge in [-0.15, -0.1) is 0 Å². The smallest absolute Gasteiger partial charge is 0.168 e. The molecule has 4 nitrogen and oxygen atoms in total. The zero-order valence-electron chi connectivity index (χ0n) is 8.79. The highest BCUT2D eigenvalue weighted by Gasteiger charge is 2.42. The molecule has 0 atom stereocenters. The lowest BCUT2D eigenvalue weighted by Gasteiger charge is -2.45. The van der Waals surface area contributed by atoms with E-state index >= 15 is 0 Å². The summed E-state index contributed by atoms with van der Waals surface area (Å²) in [5, 5.41) is 0. The van der Waals surface area contributed by atoms with Crippen molar-refractivity contribution in [2.75, 3.05) is 13.2 Å². The molecule has 0 bridgehead atoms. The molecule has 1 aliphatic carbocycles. The minimum Gasteiger partial charge on any atom is -0.348 e. The summed E-state index contributed by atoms with van der Waals surface area (Å²) in [6.07, 6.45) is 3.71. The van der Waals surface area contributed by atoms with E-state index in [-0.39, 0.29) is 17.4 Å². The fourth-order valence-corrected chi connectivity index (χ4v) is 2.10. The molecule has 1 heterocycles. The molecular weight excluding hydrogens is 180 g/mol. The average molecular weight is 200 g/mol. The molecule has 0 aromatic rings. The van der Waals surface area contributed by atoms with Crippen molar-refractivity contribution in [3.05, 3.63) is 0 Å². The Morgan fingerprint density at radius 1 is 1.07 bits per heavy atom. The third-order valence-electron chi connectivity index (χ3n) is 3.27. The second kappa shape index (κ2) is 3.45. The number of hydrogen-bond donors (Lipinski definition) is 2. The predicted octanol–water partition coefficient (Wildman–Crippen LogP) is 0.348. The van der Waals surface area contributed by atoms with Crippen LogP contribution in [0.5, 0.6) is 0 Å². The monoisotopic (exact) mass is 200 g/mol. The first kappa shape index (κ1) is 10.4. The first-order valence-electron chi connectivity index (χ1n) is 5.34. The summed E-state index contributed by atoms with van der Waals surface area (Å²) in [6.45, 7) is 3.32. The first-order valence-corrected chi connectivity index (χ1v) is 5.34. The van der Waals surface area contributed by atoms with Gasteiger partial charge in [-0.05, 0) is 19.8 Å². The van der Waals surface area contributed by atoms with Crippen LogP contribution in [0, 0.1) is 0 Å². The van der Waals surface area contributed by atoms with Gasteiger partial charge < -0.3 is 20.9 Å². The first-order chi connectivity index (χ1) is 6.52. The maximum Gasteiger partial charge on any atom is 0.168 e. The summed E-state index contributed by atoms with van der Waals surface area (Å²) in [6, 6.07) is 0.0341. The van der Waals surface area contributed by atoms with Crippen LogP contribution in [-0.2, 0) is 9.47 Å². The van der Waals surface area contributed by atoms with E-state index in [0.29, 0.717) is 13.2 Å². The molecule has 1 spiro atoms. The van der Waals surface area contributed by atoms with Crippen LogP contribution in [0.25, 0.3) is 0 Å². The highest BCUT2D eigenvalue weighted by Crippen LogP contribution is 2.38. The van der Waals surface area contributed by atoms with Gasteiger partial charge in [-0.25, -0.2) is 0 Å². The number of nitrogens with two attached hydrogens (primary N) is 2. The molecule has 2 rings (SSSR count). The van der Waals surface area contributed by atoms with Gasteiger partial charge in [0, 0.05) is 18.4 Å². The molecule has 2 aliphatic rings. The topological polar surface area (TPSA) is 70.5 Å². The summed E-state index contributed by atoms with van der Waals surface area (Å²) < 4.78 is 11.4. The molecule has 0 aromatic carbocycles. The van der Waals surface area contributed by atoms with Crippen molar-refractivity contribution in [3.8, 4) is 0 Å². The third kappa shape index (κ3) is 2.08. The SMILES string of the molecule is CC1(N)CCC2(CC1)OCC(N)CO2. The van der Waals surface area contributed by atoms with Crippen LogP contribution in [0.1, 0.15) is 32.6 Å². The van der Waals surface area contributed by atoms with Crippen molar-refractivity contribution in [2.45, 2.75) is 50.0 Å². The fourth-order valence-electron chi connectivity index (χ4n) is 2.10. The van der Waals surface area contributed by atoms with Gasteiger partial charge in [-0.1, -0.05) is 0 Å². The Morgan fingerprint density at radius 2 is 1.57 bits per heavy atom. The zero-order valence-corrected chi connectivity index (χ0v) is 8.79. The van der Waals surface area contributed by atoms with Gasteiger partial charge in [0.05, 0.1) is 19.3 Å². The summed E-state index contributed by atoms with van der Waals surface area (Å²) in [7, 11) is 0. The van der Waals surface area contributed by atoms with E-state index in [2.05, 4.69) is 6.92 Å². The standard InChI is InChI=1S/C10H20N2O2/c1-9(12)2-4-10(5-3-9)13-6-8(11)7-14-10/h8H,2-7,11-12H2,1H3. The Hall–Kier alpha value is -0.160. The maximum absolute atomic E-state index is 6.06. The zero-order chi connectivity index (χ0) is 10.2. The van der Waals surface area contributed by atoms with Gasteiger partial charge in [0.2, 0.25) is 0 Å². The molecule has 14 heavy (non-hydrogen) atoms. The highest BCUT2D eigenvalue weighted by molar-refractivity contribution is 4.91. The van der Waals surface area contributed by atoms with Crippen molar-refractivity contribution in [1.29, 1.82) is 0 Å². The van der Waals surface area contributed by atoms with Crippen LogP contribution in [0.15, 0.2) is 0 Å². The van der Waals surface area contributed by atoms with E-state index in [0.717, 1.165) is 25.7 Å². The van der Waals surface area contributed by atoms with Crippen LogP contribution in [0.3, 0.4) is 0 Å². The molecule has 1 saturated carbocycles. The predicted molar refractivity (Wildman–Crippen MR) is 53.7 cm³/mol. The molecule has 0 aromatic heterocycles. The number of rotatable bonds is 0. The largest absolute Gasteiger partial charge is 0.348 e. The highest BCUT2D eigenvalue weighted by atomic mass is 16.7. The van der Waals surface area contributed by atoms with E-state index in [1.54, 1.807) is 0 Å². The van der Waals surface area contributed by atoms with E-state index in [1.807, 2.05) is 0 Å². The van der Waals surface area contributed by atoms with Crippen molar-refractivity contribution in [2.24, 2.45) is 11.5 Å². The van der Waals surface area contributed by atoms with E-state index < -0.39 is 0 Å². The summed E-state index contributed by atoms with van der Waals surface area (Å²) in [5.74, 6) is -0.366. The van der Waals surface area contributed by atoms with Crippen LogP contribution in [0.4, 0.5) is 0 Å². The normalized spacial score (nSPS) is 49.5. The van der Waals surface area contributed by atoms with Crippen LogP contribution >= 0.6 is 0 Å². The molecule has 1 saturated heterocycles. The van der Waals surface area contributed by atoms with Crippen molar-refractivity contribution < 1.29 is 9.47 Å². The molecule has 0 radical (unpaired) electrons. The lowest BCUT2D eigenvalue weighted by molar-refractivity contribution is -0.288. The Kier molecular flexibility index (Phi) is 2.55. The van der Waals surface area contributed by atoms with Crippen molar-refractivity contribution >= 4 is 0 Å². The summed E-state index contributed by atoms with van der Waals surface area (Å²) in [5.41, 5.74) is 11.7. The van der Waals surface area contributed by atoms with Gasteiger partial charge >= 0.3 is 0 Å². The molecule has 4 N–H and O–H groups in total. The summed E-state index contributed by atoms with van der Waals surface area (Å²) in [4.78, 5) is 0. The Bertz CT molecular complexity index is 198. The van der Waals surface area contributed by atoms with Crippen molar-refractivity contribution in [3.63, 3.8) is 0 Å². The Balaban J connectivity index is 1.93.